The third-order valence-corrected chi connectivity index (χ3v) is 3.87. The molecule has 0 saturated carbocycles. The molecule has 0 bridgehead atoms. The molecule has 4 nitrogen and oxygen atoms in total. The fourth-order valence-corrected chi connectivity index (χ4v) is 2.77. The van der Waals surface area contributed by atoms with Crippen LogP contribution in [0.3, 0.4) is 0 Å². The number of carbonyl (C=O) groups excluding carboxylic acids is 1. The molecule has 2 fully saturated rings. The number of carbonyl (C=O) groups is 1. The first-order valence-electron chi connectivity index (χ1n) is 6.20. The fraction of sp³-hybridized carbons (Fsp3) is 0.917. The Bertz CT molecular complexity index is 251. The van der Waals surface area contributed by atoms with E-state index in [-0.39, 0.29) is 5.92 Å². The van der Waals surface area contributed by atoms with E-state index in [4.69, 9.17) is 4.74 Å². The molecule has 16 heavy (non-hydrogen) atoms. The highest BCUT2D eigenvalue weighted by Gasteiger charge is 2.35. The third kappa shape index (κ3) is 2.38. The standard InChI is InChI=1S/C12H22N2O2/c1-9-6-14(7-11(9)8-16-2)12(15)10-3-4-13-5-10/h9-11,13H,3-8H2,1-2H3/t9-,10+,11-/m0/s1. The lowest BCUT2D eigenvalue weighted by atomic mass is 10.00. The summed E-state index contributed by atoms with van der Waals surface area (Å²) >= 11 is 0. The van der Waals surface area contributed by atoms with Gasteiger partial charge < -0.3 is 15.0 Å². The van der Waals surface area contributed by atoms with E-state index >= 15 is 0 Å². The molecule has 4 heteroatoms. The smallest absolute Gasteiger partial charge is 0.227 e. The van der Waals surface area contributed by atoms with E-state index in [0.29, 0.717) is 17.7 Å². The number of amides is 1. The molecule has 2 aliphatic rings. The molecule has 0 aromatic rings. The summed E-state index contributed by atoms with van der Waals surface area (Å²) in [5, 5.41) is 3.25. The van der Waals surface area contributed by atoms with E-state index in [9.17, 15) is 4.79 Å². The van der Waals surface area contributed by atoms with Gasteiger partial charge in [-0.3, -0.25) is 4.79 Å². The van der Waals surface area contributed by atoms with Gasteiger partial charge in [0, 0.05) is 32.7 Å². The molecule has 2 aliphatic heterocycles. The highest BCUT2D eigenvalue weighted by Crippen LogP contribution is 2.25. The Morgan fingerprint density at radius 1 is 1.50 bits per heavy atom. The summed E-state index contributed by atoms with van der Waals surface area (Å²) in [6.45, 7) is 6.62. The van der Waals surface area contributed by atoms with Crippen LogP contribution in [0.4, 0.5) is 0 Å². The van der Waals surface area contributed by atoms with Crippen LogP contribution in [0.15, 0.2) is 0 Å². The maximum Gasteiger partial charge on any atom is 0.227 e. The van der Waals surface area contributed by atoms with Crippen LogP contribution in [0.1, 0.15) is 13.3 Å². The van der Waals surface area contributed by atoms with Gasteiger partial charge in [-0.1, -0.05) is 6.92 Å². The quantitative estimate of drug-likeness (QED) is 0.754. The number of hydrogen-bond donors (Lipinski definition) is 1. The van der Waals surface area contributed by atoms with Crippen molar-refractivity contribution >= 4 is 5.91 Å². The summed E-state index contributed by atoms with van der Waals surface area (Å²) in [6.07, 6.45) is 0.999. The molecule has 0 spiro atoms. The number of hydrogen-bond acceptors (Lipinski definition) is 3. The van der Waals surface area contributed by atoms with Gasteiger partial charge >= 0.3 is 0 Å². The van der Waals surface area contributed by atoms with E-state index < -0.39 is 0 Å². The van der Waals surface area contributed by atoms with Crippen molar-refractivity contribution in [2.24, 2.45) is 17.8 Å². The molecule has 0 radical (unpaired) electrons. The molecule has 0 unspecified atom stereocenters. The molecule has 0 aromatic heterocycles. The van der Waals surface area contributed by atoms with Crippen LogP contribution in [-0.4, -0.2) is 50.7 Å². The van der Waals surface area contributed by atoms with Gasteiger partial charge in [0.15, 0.2) is 0 Å². The molecular formula is C12H22N2O2. The van der Waals surface area contributed by atoms with Crippen molar-refractivity contribution in [2.75, 3.05) is 39.9 Å². The van der Waals surface area contributed by atoms with Crippen LogP contribution >= 0.6 is 0 Å². The Morgan fingerprint density at radius 2 is 2.31 bits per heavy atom. The van der Waals surface area contributed by atoms with Crippen molar-refractivity contribution in [3.05, 3.63) is 0 Å². The number of nitrogens with zero attached hydrogens (tertiary/aromatic N) is 1. The maximum atomic E-state index is 12.2. The molecule has 0 aliphatic carbocycles. The van der Waals surface area contributed by atoms with E-state index in [1.54, 1.807) is 7.11 Å². The predicted octanol–water partition coefficient (Wildman–Crippen LogP) is 0.337. The maximum absolute atomic E-state index is 12.2. The SMILES string of the molecule is COC[C@@H]1CN(C(=O)[C@@H]2CCNC2)C[C@@H]1C. The first-order valence-corrected chi connectivity index (χ1v) is 6.20. The van der Waals surface area contributed by atoms with Crippen LogP contribution in [0, 0.1) is 17.8 Å². The molecule has 3 atom stereocenters. The Hall–Kier alpha value is -0.610. The van der Waals surface area contributed by atoms with Gasteiger partial charge in [-0.25, -0.2) is 0 Å². The zero-order chi connectivity index (χ0) is 11.5. The zero-order valence-electron chi connectivity index (χ0n) is 10.2. The van der Waals surface area contributed by atoms with Crippen molar-refractivity contribution in [3.63, 3.8) is 0 Å². The number of nitrogens with one attached hydrogen (secondary N) is 1. The number of ether oxygens (including phenoxy) is 1. The van der Waals surface area contributed by atoms with Gasteiger partial charge in [-0.05, 0) is 18.9 Å². The van der Waals surface area contributed by atoms with Gasteiger partial charge in [0.1, 0.15) is 0 Å². The van der Waals surface area contributed by atoms with Crippen LogP contribution in [0.2, 0.25) is 0 Å². The van der Waals surface area contributed by atoms with Crippen LogP contribution < -0.4 is 5.32 Å². The lowest BCUT2D eigenvalue weighted by molar-refractivity contribution is -0.134. The Labute approximate surface area is 97.3 Å². The highest BCUT2D eigenvalue weighted by atomic mass is 16.5. The second kappa shape index (κ2) is 5.15. The van der Waals surface area contributed by atoms with E-state index in [0.717, 1.165) is 39.2 Å². The van der Waals surface area contributed by atoms with Crippen LogP contribution in [0.25, 0.3) is 0 Å². The third-order valence-electron chi connectivity index (χ3n) is 3.87. The lowest BCUT2D eigenvalue weighted by Crippen LogP contribution is -2.35. The minimum atomic E-state index is 0.216. The number of methoxy groups -OCH3 is 1. The van der Waals surface area contributed by atoms with Crippen molar-refractivity contribution in [1.82, 2.24) is 10.2 Å². The minimum absolute atomic E-state index is 0.216. The molecule has 2 rings (SSSR count). The molecule has 2 heterocycles. The summed E-state index contributed by atoms with van der Waals surface area (Å²) in [6, 6.07) is 0. The van der Waals surface area contributed by atoms with Crippen LogP contribution in [-0.2, 0) is 9.53 Å². The van der Waals surface area contributed by atoms with Gasteiger partial charge in [-0.2, -0.15) is 0 Å². The Morgan fingerprint density at radius 3 is 2.94 bits per heavy atom. The normalized spacial score (nSPS) is 34.6. The summed E-state index contributed by atoms with van der Waals surface area (Å²) in [5.41, 5.74) is 0. The second-order valence-electron chi connectivity index (χ2n) is 5.13. The monoisotopic (exact) mass is 226 g/mol. The molecule has 92 valence electrons. The predicted molar refractivity (Wildman–Crippen MR) is 62.1 cm³/mol. The van der Waals surface area contributed by atoms with Gasteiger partial charge in [0.05, 0.1) is 12.5 Å². The van der Waals surface area contributed by atoms with Crippen molar-refractivity contribution in [2.45, 2.75) is 13.3 Å². The van der Waals surface area contributed by atoms with Crippen molar-refractivity contribution < 1.29 is 9.53 Å². The number of rotatable bonds is 3. The topological polar surface area (TPSA) is 41.6 Å². The van der Waals surface area contributed by atoms with E-state index in [1.165, 1.54) is 0 Å². The molecule has 1 N–H and O–H groups in total. The van der Waals surface area contributed by atoms with Gasteiger partial charge in [-0.15, -0.1) is 0 Å². The Balaban J connectivity index is 1.88. The summed E-state index contributed by atoms with van der Waals surface area (Å²) in [7, 11) is 1.73. The number of likely N-dealkylation sites (tertiary alicyclic amines) is 1. The van der Waals surface area contributed by atoms with E-state index in [1.807, 2.05) is 4.90 Å². The van der Waals surface area contributed by atoms with Gasteiger partial charge in [0.2, 0.25) is 5.91 Å². The molecule has 0 aromatic carbocycles. The summed E-state index contributed by atoms with van der Waals surface area (Å²) in [4.78, 5) is 14.2. The average Bonchev–Trinajstić information content (AvgIpc) is 2.88. The summed E-state index contributed by atoms with van der Waals surface area (Å²) < 4.78 is 5.20. The van der Waals surface area contributed by atoms with Gasteiger partial charge in [0.25, 0.3) is 0 Å². The summed E-state index contributed by atoms with van der Waals surface area (Å²) in [5.74, 6) is 1.64. The van der Waals surface area contributed by atoms with Crippen LogP contribution in [0.5, 0.6) is 0 Å². The molecule has 2 saturated heterocycles. The zero-order valence-corrected chi connectivity index (χ0v) is 10.2. The molecule has 1 amide bonds. The van der Waals surface area contributed by atoms with E-state index in [2.05, 4.69) is 12.2 Å². The lowest BCUT2D eigenvalue weighted by Gasteiger charge is -2.20. The average molecular weight is 226 g/mol. The van der Waals surface area contributed by atoms with Crippen molar-refractivity contribution in [3.8, 4) is 0 Å². The fourth-order valence-electron chi connectivity index (χ4n) is 2.77. The minimum Gasteiger partial charge on any atom is -0.384 e. The molecular weight excluding hydrogens is 204 g/mol. The largest absolute Gasteiger partial charge is 0.384 e. The highest BCUT2D eigenvalue weighted by molar-refractivity contribution is 5.79. The first-order chi connectivity index (χ1) is 7.72. The van der Waals surface area contributed by atoms with Crippen molar-refractivity contribution in [1.29, 1.82) is 0 Å². The Kier molecular flexibility index (Phi) is 3.82. The second-order valence-corrected chi connectivity index (χ2v) is 5.13. The first kappa shape index (κ1) is 11.9.